The third-order valence-corrected chi connectivity index (χ3v) is 6.68. The summed E-state index contributed by atoms with van der Waals surface area (Å²) in [5, 5.41) is 14.4. The standard InChI is InChI=1S/C28H24N8O2/c1-3-23-29-26-24(27(37)36(28(38)34(26)2)20-9-5-4-6-10-20)35(23)17-18-13-15-19(16-14-18)21-11-7-8-12-22(21)25-30-32-33-31-25/h4-16H,3,17H2,1-2H3,(H,30,31,32,33). The van der Waals surface area contributed by atoms with E-state index >= 15 is 0 Å². The summed E-state index contributed by atoms with van der Waals surface area (Å²) in [5.41, 5.74) is 4.38. The molecule has 0 saturated heterocycles. The first-order chi connectivity index (χ1) is 18.6. The maximum atomic E-state index is 13.7. The van der Waals surface area contributed by atoms with Crippen molar-refractivity contribution >= 4 is 11.2 Å². The van der Waals surface area contributed by atoms with Gasteiger partial charge in [-0.05, 0) is 34.0 Å². The second-order valence-electron chi connectivity index (χ2n) is 8.94. The van der Waals surface area contributed by atoms with E-state index in [-0.39, 0.29) is 5.56 Å². The van der Waals surface area contributed by atoms with Gasteiger partial charge >= 0.3 is 5.69 Å². The van der Waals surface area contributed by atoms with Gasteiger partial charge in [0.2, 0.25) is 5.82 Å². The molecule has 188 valence electrons. The SMILES string of the molecule is CCc1nc2c(c(=O)n(-c3ccccc3)c(=O)n2C)n1Cc1ccc(-c2ccccc2-c2nn[nH]n2)cc1. The van der Waals surface area contributed by atoms with Crippen molar-refractivity contribution in [3.8, 4) is 28.2 Å². The number of fused-ring (bicyclic) bond motifs is 1. The van der Waals surface area contributed by atoms with Crippen LogP contribution in [0.2, 0.25) is 0 Å². The van der Waals surface area contributed by atoms with Gasteiger partial charge in [0, 0.05) is 25.6 Å². The minimum absolute atomic E-state index is 0.382. The average Bonchev–Trinajstić information content (AvgIpc) is 3.62. The second kappa shape index (κ2) is 9.40. The third kappa shape index (κ3) is 3.83. The molecule has 6 aromatic rings. The lowest BCUT2D eigenvalue weighted by atomic mass is 9.98. The summed E-state index contributed by atoms with van der Waals surface area (Å²) in [4.78, 5) is 31.5. The number of imidazole rings is 1. The highest BCUT2D eigenvalue weighted by Crippen LogP contribution is 2.30. The molecule has 38 heavy (non-hydrogen) atoms. The minimum atomic E-state index is -0.425. The molecule has 0 unspecified atom stereocenters. The van der Waals surface area contributed by atoms with Crippen molar-refractivity contribution in [1.82, 2.24) is 39.3 Å². The van der Waals surface area contributed by atoms with Gasteiger partial charge in [-0.3, -0.25) is 9.36 Å². The van der Waals surface area contributed by atoms with Crippen molar-refractivity contribution in [3.05, 3.63) is 111 Å². The highest BCUT2D eigenvalue weighted by atomic mass is 16.2. The summed E-state index contributed by atoms with van der Waals surface area (Å²) in [6.45, 7) is 2.43. The van der Waals surface area contributed by atoms with E-state index in [4.69, 9.17) is 0 Å². The Hall–Kier alpha value is -5.12. The van der Waals surface area contributed by atoms with Crippen molar-refractivity contribution in [2.75, 3.05) is 0 Å². The number of aromatic nitrogens is 8. The van der Waals surface area contributed by atoms with Crippen molar-refractivity contribution in [1.29, 1.82) is 0 Å². The normalized spacial score (nSPS) is 11.3. The molecule has 0 bridgehead atoms. The lowest BCUT2D eigenvalue weighted by Crippen LogP contribution is -2.38. The predicted molar refractivity (Wildman–Crippen MR) is 144 cm³/mol. The summed E-state index contributed by atoms with van der Waals surface area (Å²) in [6, 6.07) is 25.0. The van der Waals surface area contributed by atoms with Crippen molar-refractivity contribution in [2.24, 2.45) is 7.05 Å². The van der Waals surface area contributed by atoms with Crippen LogP contribution in [-0.2, 0) is 20.0 Å². The van der Waals surface area contributed by atoms with Crippen LogP contribution in [0.25, 0.3) is 39.4 Å². The molecule has 3 aromatic heterocycles. The van der Waals surface area contributed by atoms with Crippen LogP contribution in [-0.4, -0.2) is 39.3 Å². The first-order valence-electron chi connectivity index (χ1n) is 12.3. The molecule has 0 fully saturated rings. The first kappa shape index (κ1) is 23.3. The maximum Gasteiger partial charge on any atom is 0.337 e. The molecule has 0 radical (unpaired) electrons. The van der Waals surface area contributed by atoms with E-state index in [1.165, 1.54) is 9.13 Å². The number of nitrogens with one attached hydrogen (secondary N) is 1. The molecule has 10 nitrogen and oxygen atoms in total. The van der Waals surface area contributed by atoms with Gasteiger partial charge in [0.15, 0.2) is 11.2 Å². The Morgan fingerprint density at radius 1 is 0.868 bits per heavy atom. The van der Waals surface area contributed by atoms with E-state index in [9.17, 15) is 9.59 Å². The van der Waals surface area contributed by atoms with Crippen LogP contribution in [0, 0.1) is 0 Å². The Morgan fingerprint density at radius 2 is 1.58 bits per heavy atom. The summed E-state index contributed by atoms with van der Waals surface area (Å²) in [6.07, 6.45) is 0.615. The molecule has 0 aliphatic rings. The lowest BCUT2D eigenvalue weighted by molar-refractivity contribution is 0.740. The minimum Gasteiger partial charge on any atom is -0.318 e. The van der Waals surface area contributed by atoms with Crippen LogP contribution in [0.4, 0.5) is 0 Å². The average molecular weight is 505 g/mol. The molecule has 1 N–H and O–H groups in total. The molecule has 0 atom stereocenters. The molecule has 10 heteroatoms. The monoisotopic (exact) mass is 504 g/mol. The van der Waals surface area contributed by atoms with Crippen LogP contribution in [0.1, 0.15) is 18.3 Å². The largest absolute Gasteiger partial charge is 0.337 e. The van der Waals surface area contributed by atoms with Gasteiger partial charge in [-0.25, -0.2) is 14.3 Å². The van der Waals surface area contributed by atoms with Crippen LogP contribution >= 0.6 is 0 Å². The zero-order valence-corrected chi connectivity index (χ0v) is 20.9. The predicted octanol–water partition coefficient (Wildman–Crippen LogP) is 3.34. The van der Waals surface area contributed by atoms with Crippen molar-refractivity contribution in [2.45, 2.75) is 19.9 Å². The smallest absolute Gasteiger partial charge is 0.318 e. The number of hydrogen-bond donors (Lipinski definition) is 1. The zero-order chi connectivity index (χ0) is 26.2. The fraction of sp³-hybridized carbons (Fsp3) is 0.143. The van der Waals surface area contributed by atoms with Gasteiger partial charge in [-0.15, -0.1) is 10.2 Å². The Morgan fingerprint density at radius 3 is 2.26 bits per heavy atom. The molecule has 0 aliphatic heterocycles. The van der Waals surface area contributed by atoms with Gasteiger partial charge in [-0.1, -0.05) is 73.7 Å². The molecule has 3 aromatic carbocycles. The van der Waals surface area contributed by atoms with E-state index in [0.29, 0.717) is 35.6 Å². The molecule has 0 saturated carbocycles. The summed E-state index contributed by atoms with van der Waals surface area (Å²) in [7, 11) is 1.65. The Labute approximate surface area is 216 Å². The Balaban J connectivity index is 1.44. The molecule has 0 spiro atoms. The topological polar surface area (TPSA) is 116 Å². The van der Waals surface area contributed by atoms with Crippen molar-refractivity contribution < 1.29 is 0 Å². The molecular formula is C28H24N8O2. The van der Waals surface area contributed by atoms with E-state index in [2.05, 4.69) is 25.6 Å². The molecular weight excluding hydrogens is 480 g/mol. The number of benzene rings is 3. The van der Waals surface area contributed by atoms with Crippen molar-refractivity contribution in [3.63, 3.8) is 0 Å². The number of hydrogen-bond acceptors (Lipinski definition) is 6. The number of nitrogens with zero attached hydrogens (tertiary/aromatic N) is 7. The fourth-order valence-corrected chi connectivity index (χ4v) is 4.79. The van der Waals surface area contributed by atoms with E-state index in [0.717, 1.165) is 28.1 Å². The number of rotatable bonds is 6. The highest BCUT2D eigenvalue weighted by molar-refractivity contribution is 5.80. The van der Waals surface area contributed by atoms with E-state index in [1.807, 2.05) is 66.1 Å². The molecule has 3 heterocycles. The van der Waals surface area contributed by atoms with E-state index < -0.39 is 5.69 Å². The van der Waals surface area contributed by atoms with Crippen LogP contribution in [0.5, 0.6) is 0 Å². The number of aromatic amines is 1. The van der Waals surface area contributed by atoms with Gasteiger partial charge in [-0.2, -0.15) is 5.21 Å². The number of H-pyrrole nitrogens is 1. The quantitative estimate of drug-likeness (QED) is 0.372. The van der Waals surface area contributed by atoms with Gasteiger partial charge in [0.1, 0.15) is 5.82 Å². The number of para-hydroxylation sites is 1. The zero-order valence-electron chi connectivity index (χ0n) is 20.9. The maximum absolute atomic E-state index is 13.7. The second-order valence-corrected chi connectivity index (χ2v) is 8.94. The third-order valence-electron chi connectivity index (χ3n) is 6.68. The van der Waals surface area contributed by atoms with Gasteiger partial charge in [0.05, 0.1) is 5.69 Å². The lowest BCUT2D eigenvalue weighted by Gasteiger charge is -2.12. The Bertz CT molecular complexity index is 1870. The Kier molecular flexibility index (Phi) is 5.76. The number of tetrazole rings is 1. The van der Waals surface area contributed by atoms with E-state index in [1.54, 1.807) is 31.3 Å². The number of aryl methyl sites for hydroxylation is 2. The fourth-order valence-electron chi connectivity index (χ4n) is 4.79. The van der Waals surface area contributed by atoms with Gasteiger partial charge in [0.25, 0.3) is 5.56 Å². The first-order valence-corrected chi connectivity index (χ1v) is 12.3. The molecule has 6 rings (SSSR count). The van der Waals surface area contributed by atoms with Crippen LogP contribution < -0.4 is 11.2 Å². The molecule has 0 aliphatic carbocycles. The summed E-state index contributed by atoms with van der Waals surface area (Å²) < 4.78 is 4.56. The summed E-state index contributed by atoms with van der Waals surface area (Å²) >= 11 is 0. The molecule has 0 amide bonds. The highest BCUT2D eigenvalue weighted by Gasteiger charge is 2.20. The van der Waals surface area contributed by atoms with Gasteiger partial charge < -0.3 is 4.57 Å². The summed E-state index contributed by atoms with van der Waals surface area (Å²) in [5.74, 6) is 1.27. The van der Waals surface area contributed by atoms with Crippen LogP contribution in [0.3, 0.4) is 0 Å². The van der Waals surface area contributed by atoms with Crippen LogP contribution in [0.15, 0.2) is 88.5 Å².